The van der Waals surface area contributed by atoms with Crippen LogP contribution in [0.2, 0.25) is 0 Å². The number of benzene rings is 2. The SMILES string of the molecule is C=C(C)C(O)CC/C=C/c1cccc2ccccc12. The summed E-state index contributed by atoms with van der Waals surface area (Å²) in [4.78, 5) is 0. The minimum Gasteiger partial charge on any atom is -0.389 e. The lowest BCUT2D eigenvalue weighted by Gasteiger charge is -2.07. The molecule has 2 rings (SSSR count). The highest BCUT2D eigenvalue weighted by molar-refractivity contribution is 5.90. The topological polar surface area (TPSA) is 20.2 Å². The van der Waals surface area contributed by atoms with Gasteiger partial charge in [0.25, 0.3) is 0 Å². The Morgan fingerprint density at radius 1 is 1.21 bits per heavy atom. The molecule has 1 unspecified atom stereocenters. The van der Waals surface area contributed by atoms with E-state index >= 15 is 0 Å². The molecule has 2 aromatic carbocycles. The highest BCUT2D eigenvalue weighted by atomic mass is 16.3. The smallest absolute Gasteiger partial charge is 0.0747 e. The third kappa shape index (κ3) is 3.55. The molecule has 0 amide bonds. The zero-order chi connectivity index (χ0) is 13.7. The van der Waals surface area contributed by atoms with Crippen LogP contribution in [0, 0.1) is 0 Å². The first-order chi connectivity index (χ1) is 9.18. The number of fused-ring (bicyclic) bond motifs is 1. The van der Waals surface area contributed by atoms with Crippen LogP contribution in [0.3, 0.4) is 0 Å². The molecule has 0 saturated carbocycles. The molecule has 0 aliphatic rings. The summed E-state index contributed by atoms with van der Waals surface area (Å²) >= 11 is 0. The molecule has 0 fully saturated rings. The van der Waals surface area contributed by atoms with Crippen molar-refractivity contribution < 1.29 is 5.11 Å². The Kier molecular flexibility index (Phi) is 4.53. The van der Waals surface area contributed by atoms with Crippen LogP contribution in [0.4, 0.5) is 0 Å². The molecule has 98 valence electrons. The summed E-state index contributed by atoms with van der Waals surface area (Å²) in [5.74, 6) is 0. The Morgan fingerprint density at radius 2 is 1.95 bits per heavy atom. The van der Waals surface area contributed by atoms with Crippen LogP contribution in [0.15, 0.2) is 60.7 Å². The van der Waals surface area contributed by atoms with Crippen molar-refractivity contribution in [1.82, 2.24) is 0 Å². The average Bonchev–Trinajstić information content (AvgIpc) is 2.43. The first-order valence-corrected chi connectivity index (χ1v) is 6.66. The van der Waals surface area contributed by atoms with Gasteiger partial charge in [0.05, 0.1) is 6.10 Å². The third-order valence-electron chi connectivity index (χ3n) is 3.30. The van der Waals surface area contributed by atoms with E-state index in [1.165, 1.54) is 16.3 Å². The van der Waals surface area contributed by atoms with E-state index in [4.69, 9.17) is 0 Å². The van der Waals surface area contributed by atoms with Crippen LogP contribution >= 0.6 is 0 Å². The van der Waals surface area contributed by atoms with Crippen molar-refractivity contribution in [2.75, 3.05) is 0 Å². The maximum atomic E-state index is 9.66. The highest BCUT2D eigenvalue weighted by Gasteiger charge is 2.02. The van der Waals surface area contributed by atoms with Crippen molar-refractivity contribution in [3.05, 3.63) is 66.3 Å². The second-order valence-corrected chi connectivity index (χ2v) is 4.91. The standard InChI is InChI=1S/C18H20O/c1-14(2)18(19)13-6-4-9-16-11-7-10-15-8-3-5-12-17(15)16/h3-5,7-12,18-19H,1,6,13H2,2H3/b9-4+. The second kappa shape index (κ2) is 6.35. The summed E-state index contributed by atoms with van der Waals surface area (Å²) < 4.78 is 0. The predicted molar refractivity (Wildman–Crippen MR) is 83.0 cm³/mol. The van der Waals surface area contributed by atoms with E-state index < -0.39 is 6.10 Å². The third-order valence-corrected chi connectivity index (χ3v) is 3.30. The molecule has 1 nitrogen and oxygen atoms in total. The van der Waals surface area contributed by atoms with Gasteiger partial charge in [-0.2, -0.15) is 0 Å². The molecule has 1 N–H and O–H groups in total. The molecule has 0 saturated heterocycles. The molecule has 2 aromatic rings. The van der Waals surface area contributed by atoms with Crippen molar-refractivity contribution in [1.29, 1.82) is 0 Å². The number of aliphatic hydroxyl groups excluding tert-OH is 1. The molecular formula is C18H20O. The lowest BCUT2D eigenvalue weighted by atomic mass is 10.0. The summed E-state index contributed by atoms with van der Waals surface area (Å²) in [5, 5.41) is 12.2. The summed E-state index contributed by atoms with van der Waals surface area (Å²) in [6.45, 7) is 5.62. The van der Waals surface area contributed by atoms with Gasteiger partial charge in [-0.15, -0.1) is 0 Å². The molecular weight excluding hydrogens is 232 g/mol. The molecule has 0 bridgehead atoms. The molecule has 0 aliphatic carbocycles. The van der Waals surface area contributed by atoms with Gasteiger partial charge in [0.1, 0.15) is 0 Å². The van der Waals surface area contributed by atoms with E-state index in [0.29, 0.717) is 0 Å². The van der Waals surface area contributed by atoms with Gasteiger partial charge in [0, 0.05) is 0 Å². The van der Waals surface area contributed by atoms with Gasteiger partial charge in [0.2, 0.25) is 0 Å². The van der Waals surface area contributed by atoms with E-state index in [0.717, 1.165) is 18.4 Å². The van der Waals surface area contributed by atoms with E-state index in [9.17, 15) is 5.11 Å². The molecule has 19 heavy (non-hydrogen) atoms. The molecule has 1 heteroatoms. The fourth-order valence-electron chi connectivity index (χ4n) is 2.11. The maximum Gasteiger partial charge on any atom is 0.0747 e. The number of rotatable bonds is 5. The molecule has 0 aliphatic heterocycles. The van der Waals surface area contributed by atoms with Crippen LogP contribution in [-0.4, -0.2) is 11.2 Å². The minimum absolute atomic E-state index is 0.392. The first-order valence-electron chi connectivity index (χ1n) is 6.66. The largest absolute Gasteiger partial charge is 0.389 e. The number of aliphatic hydroxyl groups is 1. The van der Waals surface area contributed by atoms with Gasteiger partial charge in [-0.05, 0) is 36.1 Å². The molecule has 0 heterocycles. The van der Waals surface area contributed by atoms with Crippen molar-refractivity contribution in [3.63, 3.8) is 0 Å². The zero-order valence-electron chi connectivity index (χ0n) is 11.3. The van der Waals surface area contributed by atoms with Gasteiger partial charge in [0.15, 0.2) is 0 Å². The van der Waals surface area contributed by atoms with Gasteiger partial charge < -0.3 is 5.11 Å². The maximum absolute atomic E-state index is 9.66. The quantitative estimate of drug-likeness (QED) is 0.773. The van der Waals surface area contributed by atoms with Crippen LogP contribution < -0.4 is 0 Å². The van der Waals surface area contributed by atoms with Gasteiger partial charge >= 0.3 is 0 Å². The van der Waals surface area contributed by atoms with E-state index in [1.54, 1.807) is 0 Å². The molecule has 1 atom stereocenters. The minimum atomic E-state index is -0.392. The molecule has 0 aromatic heterocycles. The average molecular weight is 252 g/mol. The van der Waals surface area contributed by atoms with Crippen molar-refractivity contribution in [2.24, 2.45) is 0 Å². The monoisotopic (exact) mass is 252 g/mol. The lowest BCUT2D eigenvalue weighted by Crippen LogP contribution is -2.05. The Balaban J connectivity index is 2.07. The van der Waals surface area contributed by atoms with Crippen LogP contribution in [-0.2, 0) is 0 Å². The van der Waals surface area contributed by atoms with Gasteiger partial charge in [-0.1, -0.05) is 66.8 Å². The van der Waals surface area contributed by atoms with Gasteiger partial charge in [-0.3, -0.25) is 0 Å². The highest BCUT2D eigenvalue weighted by Crippen LogP contribution is 2.20. The fraction of sp³-hybridized carbons (Fsp3) is 0.222. The Bertz CT molecular complexity index is 590. The summed E-state index contributed by atoms with van der Waals surface area (Å²) in [5.41, 5.74) is 2.06. The van der Waals surface area contributed by atoms with E-state index in [-0.39, 0.29) is 0 Å². The fourth-order valence-corrected chi connectivity index (χ4v) is 2.11. The predicted octanol–water partition coefficient (Wildman–Crippen LogP) is 4.57. The second-order valence-electron chi connectivity index (χ2n) is 4.91. The number of hydrogen-bond acceptors (Lipinski definition) is 1. The molecule has 0 spiro atoms. The Morgan fingerprint density at radius 3 is 2.74 bits per heavy atom. The summed E-state index contributed by atoms with van der Waals surface area (Å²) in [6, 6.07) is 14.7. The Labute approximate surface area is 114 Å². The van der Waals surface area contributed by atoms with Crippen molar-refractivity contribution in [3.8, 4) is 0 Å². The van der Waals surface area contributed by atoms with Crippen LogP contribution in [0.5, 0.6) is 0 Å². The zero-order valence-corrected chi connectivity index (χ0v) is 11.3. The van der Waals surface area contributed by atoms with E-state index in [2.05, 4.69) is 61.2 Å². The number of hydrogen-bond donors (Lipinski definition) is 1. The lowest BCUT2D eigenvalue weighted by molar-refractivity contribution is 0.202. The summed E-state index contributed by atoms with van der Waals surface area (Å²) in [7, 11) is 0. The van der Waals surface area contributed by atoms with Gasteiger partial charge in [-0.25, -0.2) is 0 Å². The number of allylic oxidation sites excluding steroid dienone is 1. The van der Waals surface area contributed by atoms with Crippen molar-refractivity contribution >= 4 is 16.8 Å². The normalized spacial score (nSPS) is 12.9. The molecule has 0 radical (unpaired) electrons. The van der Waals surface area contributed by atoms with Crippen molar-refractivity contribution in [2.45, 2.75) is 25.9 Å². The van der Waals surface area contributed by atoms with Crippen LogP contribution in [0.1, 0.15) is 25.3 Å². The van der Waals surface area contributed by atoms with Crippen LogP contribution in [0.25, 0.3) is 16.8 Å². The first kappa shape index (κ1) is 13.6. The van der Waals surface area contributed by atoms with E-state index in [1.807, 2.05) is 6.92 Å². The summed E-state index contributed by atoms with van der Waals surface area (Å²) in [6.07, 6.45) is 5.45. The Hall–Kier alpha value is -1.86.